The number of phenolic OH excluding ortho intramolecular Hbond substituents is 1. The van der Waals surface area contributed by atoms with Crippen LogP contribution in [-0.4, -0.2) is 30.1 Å². The van der Waals surface area contributed by atoms with Gasteiger partial charge in [0, 0.05) is 16.4 Å². The molecule has 0 saturated carbocycles. The van der Waals surface area contributed by atoms with Gasteiger partial charge in [0.2, 0.25) is 0 Å². The van der Waals surface area contributed by atoms with E-state index in [0.29, 0.717) is 40.1 Å². The molecule has 0 spiro atoms. The Hall–Kier alpha value is -4.48. The molecule has 0 radical (unpaired) electrons. The van der Waals surface area contributed by atoms with Gasteiger partial charge in [-0.15, -0.1) is 0 Å². The van der Waals surface area contributed by atoms with Crippen LogP contribution < -0.4 is 20.1 Å². The molecule has 0 aliphatic rings. The van der Waals surface area contributed by atoms with E-state index in [1.165, 1.54) is 30.3 Å². The number of amides is 2. The van der Waals surface area contributed by atoms with Crippen molar-refractivity contribution in [3.05, 3.63) is 82.9 Å². The van der Waals surface area contributed by atoms with Gasteiger partial charge < -0.3 is 25.2 Å². The van der Waals surface area contributed by atoms with E-state index < -0.39 is 5.91 Å². The van der Waals surface area contributed by atoms with Gasteiger partial charge in [0.25, 0.3) is 11.8 Å². The van der Waals surface area contributed by atoms with Gasteiger partial charge in [-0.1, -0.05) is 17.7 Å². The van der Waals surface area contributed by atoms with Crippen LogP contribution in [-0.2, 0) is 9.59 Å². The Kier molecular flexibility index (Phi) is 8.70. The lowest BCUT2D eigenvalue weighted by atomic mass is 10.1. The Morgan fingerprint density at radius 1 is 0.971 bits per heavy atom. The fourth-order valence-corrected chi connectivity index (χ4v) is 3.06. The molecule has 3 N–H and O–H groups in total. The molecule has 0 bridgehead atoms. The second-order valence-electron chi connectivity index (χ2n) is 7.15. The standard InChI is InChI=1S/C26H22ClN3O5/c1-2-34-24-14-17(13-18(15-28)26(33)30-21-8-10-22(31)11-9-21)3-12-23(24)35-16-25(32)29-20-6-4-19(27)5-7-20/h3-14,31H,2,16H2,1H3,(H,29,32)(H,30,33)/b18-13+. The first kappa shape index (κ1) is 25.1. The number of aromatic hydroxyl groups is 1. The summed E-state index contributed by atoms with van der Waals surface area (Å²) in [5.74, 6) is -0.210. The summed E-state index contributed by atoms with van der Waals surface area (Å²) >= 11 is 5.85. The molecule has 9 heteroatoms. The van der Waals surface area contributed by atoms with Crippen LogP contribution in [0.15, 0.2) is 72.3 Å². The van der Waals surface area contributed by atoms with Crippen LogP contribution in [0, 0.1) is 11.3 Å². The minimum Gasteiger partial charge on any atom is -0.508 e. The number of carbonyl (C=O) groups is 2. The van der Waals surface area contributed by atoms with Gasteiger partial charge in [-0.05, 0) is 79.2 Å². The summed E-state index contributed by atoms with van der Waals surface area (Å²) in [5, 5.41) is 24.7. The van der Waals surface area contributed by atoms with Crippen LogP contribution in [0.25, 0.3) is 6.08 Å². The second kappa shape index (κ2) is 12.1. The molecule has 0 aliphatic carbocycles. The SMILES string of the molecule is CCOc1cc(/C=C(\C#N)C(=O)Nc2ccc(O)cc2)ccc1OCC(=O)Nc1ccc(Cl)cc1. The highest BCUT2D eigenvalue weighted by Crippen LogP contribution is 2.29. The summed E-state index contributed by atoms with van der Waals surface area (Å²) in [5.41, 5.74) is 1.42. The average Bonchev–Trinajstić information content (AvgIpc) is 2.85. The Balaban J connectivity index is 1.69. The van der Waals surface area contributed by atoms with Crippen LogP contribution in [0.2, 0.25) is 5.02 Å². The van der Waals surface area contributed by atoms with Crippen molar-refractivity contribution < 1.29 is 24.2 Å². The van der Waals surface area contributed by atoms with Gasteiger partial charge in [0.1, 0.15) is 17.4 Å². The zero-order chi connectivity index (χ0) is 25.2. The molecule has 8 nitrogen and oxygen atoms in total. The number of hydrogen-bond donors (Lipinski definition) is 3. The summed E-state index contributed by atoms with van der Waals surface area (Å²) in [6.07, 6.45) is 1.41. The number of nitrogens with one attached hydrogen (secondary N) is 2. The van der Waals surface area contributed by atoms with Crippen molar-refractivity contribution in [2.75, 3.05) is 23.8 Å². The molecule has 35 heavy (non-hydrogen) atoms. The topological polar surface area (TPSA) is 121 Å². The molecule has 3 aromatic carbocycles. The predicted molar refractivity (Wildman–Crippen MR) is 134 cm³/mol. The number of nitriles is 1. The van der Waals surface area contributed by atoms with E-state index in [1.807, 2.05) is 6.07 Å². The van der Waals surface area contributed by atoms with Gasteiger partial charge in [0.05, 0.1) is 6.61 Å². The van der Waals surface area contributed by atoms with Crippen molar-refractivity contribution in [3.63, 3.8) is 0 Å². The first-order chi connectivity index (χ1) is 16.9. The summed E-state index contributed by atoms with van der Waals surface area (Å²) < 4.78 is 11.2. The monoisotopic (exact) mass is 491 g/mol. The van der Waals surface area contributed by atoms with Crippen LogP contribution in [0.3, 0.4) is 0 Å². The zero-order valence-electron chi connectivity index (χ0n) is 18.7. The molecule has 0 aliphatic heterocycles. The molecule has 0 atom stereocenters. The number of ether oxygens (including phenoxy) is 2. The third-order valence-corrected chi connectivity index (χ3v) is 4.81. The fraction of sp³-hybridized carbons (Fsp3) is 0.115. The van der Waals surface area contributed by atoms with Crippen molar-refractivity contribution in [1.82, 2.24) is 0 Å². The number of phenols is 1. The predicted octanol–water partition coefficient (Wildman–Crippen LogP) is 5.01. The second-order valence-corrected chi connectivity index (χ2v) is 7.59. The Bertz CT molecular complexity index is 1270. The lowest BCUT2D eigenvalue weighted by Gasteiger charge is -2.13. The number of nitrogens with zero attached hydrogens (tertiary/aromatic N) is 1. The molecule has 0 heterocycles. The van der Waals surface area contributed by atoms with Crippen LogP contribution >= 0.6 is 11.6 Å². The number of benzene rings is 3. The maximum absolute atomic E-state index is 12.5. The van der Waals surface area contributed by atoms with Gasteiger partial charge >= 0.3 is 0 Å². The summed E-state index contributed by atoms with van der Waals surface area (Å²) in [6.45, 7) is 1.88. The van der Waals surface area contributed by atoms with E-state index in [0.717, 1.165) is 0 Å². The highest BCUT2D eigenvalue weighted by Gasteiger charge is 2.13. The van der Waals surface area contributed by atoms with E-state index in [4.69, 9.17) is 21.1 Å². The molecular formula is C26H22ClN3O5. The minimum atomic E-state index is -0.602. The summed E-state index contributed by atoms with van der Waals surface area (Å²) in [7, 11) is 0. The fourth-order valence-electron chi connectivity index (χ4n) is 2.93. The molecule has 178 valence electrons. The lowest BCUT2D eigenvalue weighted by Crippen LogP contribution is -2.20. The Labute approximate surface area is 207 Å². The molecular weight excluding hydrogens is 470 g/mol. The van der Waals surface area contributed by atoms with Crippen molar-refractivity contribution in [3.8, 4) is 23.3 Å². The quantitative estimate of drug-likeness (QED) is 0.220. The minimum absolute atomic E-state index is 0.0623. The Morgan fingerprint density at radius 2 is 1.63 bits per heavy atom. The van der Waals surface area contributed by atoms with E-state index in [2.05, 4.69) is 10.6 Å². The number of halogens is 1. The number of rotatable bonds is 9. The largest absolute Gasteiger partial charge is 0.508 e. The maximum atomic E-state index is 12.5. The van der Waals surface area contributed by atoms with Crippen LogP contribution in [0.4, 0.5) is 11.4 Å². The summed E-state index contributed by atoms with van der Waals surface area (Å²) in [4.78, 5) is 24.7. The first-order valence-electron chi connectivity index (χ1n) is 10.5. The van der Waals surface area contributed by atoms with Gasteiger partial charge in [-0.25, -0.2) is 0 Å². The normalized spacial score (nSPS) is 10.7. The molecule has 2 amide bonds. The van der Waals surface area contributed by atoms with E-state index in [-0.39, 0.29) is 23.8 Å². The number of anilines is 2. The van der Waals surface area contributed by atoms with Crippen molar-refractivity contribution in [1.29, 1.82) is 5.26 Å². The van der Waals surface area contributed by atoms with Crippen LogP contribution in [0.5, 0.6) is 17.2 Å². The van der Waals surface area contributed by atoms with Gasteiger partial charge in [0.15, 0.2) is 18.1 Å². The molecule has 0 aromatic heterocycles. The summed E-state index contributed by atoms with van der Waals surface area (Å²) in [6, 6.07) is 19.3. The first-order valence-corrected chi connectivity index (χ1v) is 10.9. The Morgan fingerprint density at radius 3 is 2.29 bits per heavy atom. The highest BCUT2D eigenvalue weighted by atomic mass is 35.5. The third kappa shape index (κ3) is 7.52. The molecule has 0 saturated heterocycles. The average molecular weight is 492 g/mol. The van der Waals surface area contributed by atoms with E-state index in [9.17, 15) is 20.0 Å². The van der Waals surface area contributed by atoms with Crippen LogP contribution in [0.1, 0.15) is 12.5 Å². The molecule has 3 aromatic rings. The smallest absolute Gasteiger partial charge is 0.266 e. The van der Waals surface area contributed by atoms with Crippen molar-refractivity contribution in [2.24, 2.45) is 0 Å². The van der Waals surface area contributed by atoms with E-state index in [1.54, 1.807) is 49.4 Å². The zero-order valence-corrected chi connectivity index (χ0v) is 19.5. The number of hydrogen-bond acceptors (Lipinski definition) is 6. The van der Waals surface area contributed by atoms with Gasteiger partial charge in [-0.2, -0.15) is 5.26 Å². The van der Waals surface area contributed by atoms with Gasteiger partial charge in [-0.3, -0.25) is 9.59 Å². The van der Waals surface area contributed by atoms with Crippen molar-refractivity contribution >= 4 is 40.9 Å². The van der Waals surface area contributed by atoms with Crippen molar-refractivity contribution in [2.45, 2.75) is 6.92 Å². The highest BCUT2D eigenvalue weighted by molar-refractivity contribution is 6.30. The van der Waals surface area contributed by atoms with E-state index >= 15 is 0 Å². The lowest BCUT2D eigenvalue weighted by molar-refractivity contribution is -0.118. The molecule has 3 rings (SSSR count). The maximum Gasteiger partial charge on any atom is 0.266 e. The third-order valence-electron chi connectivity index (χ3n) is 4.56. The molecule has 0 fully saturated rings. The molecule has 0 unspecified atom stereocenters. The number of carbonyl (C=O) groups excluding carboxylic acids is 2.